The highest BCUT2D eigenvalue weighted by Crippen LogP contribution is 2.31. The summed E-state index contributed by atoms with van der Waals surface area (Å²) in [6.07, 6.45) is 0.988. The molecule has 1 aliphatic rings. The molecule has 0 unspecified atom stereocenters. The zero-order valence-corrected chi connectivity index (χ0v) is 14.0. The van der Waals surface area contributed by atoms with Crippen LogP contribution in [-0.4, -0.2) is 31.7 Å². The molecule has 0 spiro atoms. The van der Waals surface area contributed by atoms with Crippen molar-refractivity contribution < 1.29 is 18.3 Å². The molecule has 0 saturated heterocycles. The van der Waals surface area contributed by atoms with Crippen LogP contribution in [0.1, 0.15) is 22.2 Å². The van der Waals surface area contributed by atoms with Gasteiger partial charge in [-0.15, -0.1) is 11.3 Å². The van der Waals surface area contributed by atoms with Crippen LogP contribution >= 0.6 is 11.3 Å². The predicted molar refractivity (Wildman–Crippen MR) is 90.2 cm³/mol. The second-order valence-electron chi connectivity index (χ2n) is 5.62. The first-order chi connectivity index (χ1) is 11.6. The third-order valence-corrected chi connectivity index (χ3v) is 4.93. The SMILES string of the molecule is C[C@@H]1Cc2ccccc2N1CCNC(=O)c1sccc1OC(F)F. The van der Waals surface area contributed by atoms with E-state index in [0.717, 1.165) is 17.8 Å². The topological polar surface area (TPSA) is 41.6 Å². The summed E-state index contributed by atoms with van der Waals surface area (Å²) in [6, 6.07) is 9.97. The molecule has 0 radical (unpaired) electrons. The maximum atomic E-state index is 12.3. The number of hydrogen-bond acceptors (Lipinski definition) is 4. The van der Waals surface area contributed by atoms with E-state index in [0.29, 0.717) is 19.1 Å². The van der Waals surface area contributed by atoms with Crippen LogP contribution in [0, 0.1) is 0 Å². The van der Waals surface area contributed by atoms with Crippen LogP contribution in [0.5, 0.6) is 5.75 Å². The molecule has 7 heteroatoms. The summed E-state index contributed by atoms with van der Waals surface area (Å²) < 4.78 is 29.0. The minimum atomic E-state index is -2.94. The van der Waals surface area contributed by atoms with E-state index in [1.165, 1.54) is 17.3 Å². The minimum absolute atomic E-state index is 0.0765. The smallest absolute Gasteiger partial charge is 0.387 e. The average Bonchev–Trinajstić information content (AvgIpc) is 3.11. The molecule has 4 nitrogen and oxygen atoms in total. The van der Waals surface area contributed by atoms with Gasteiger partial charge in [-0.3, -0.25) is 4.79 Å². The predicted octanol–water partition coefficient (Wildman–Crippen LogP) is 3.53. The van der Waals surface area contributed by atoms with Crippen LogP contribution in [0.15, 0.2) is 35.7 Å². The van der Waals surface area contributed by atoms with Crippen LogP contribution in [-0.2, 0) is 6.42 Å². The molecule has 128 valence electrons. The van der Waals surface area contributed by atoms with Crippen LogP contribution in [0.2, 0.25) is 0 Å². The molecule has 2 aromatic rings. The van der Waals surface area contributed by atoms with Crippen molar-refractivity contribution in [1.29, 1.82) is 0 Å². The van der Waals surface area contributed by atoms with Gasteiger partial charge < -0.3 is 15.0 Å². The Bertz CT molecular complexity index is 720. The summed E-state index contributed by atoms with van der Waals surface area (Å²) in [5.41, 5.74) is 2.50. The number of nitrogens with zero attached hydrogens (tertiary/aromatic N) is 1. The number of benzene rings is 1. The second kappa shape index (κ2) is 7.17. The van der Waals surface area contributed by atoms with Gasteiger partial charge in [-0.2, -0.15) is 8.78 Å². The number of halogens is 2. The van der Waals surface area contributed by atoms with Gasteiger partial charge in [0, 0.05) is 24.8 Å². The van der Waals surface area contributed by atoms with E-state index in [2.05, 4.69) is 34.0 Å². The third-order valence-electron chi connectivity index (χ3n) is 4.04. The summed E-state index contributed by atoms with van der Waals surface area (Å²) in [6.45, 7) is 0.313. The standard InChI is InChI=1S/C17H18F2N2O2S/c1-11-10-12-4-2-3-5-13(12)21(11)8-7-20-16(22)15-14(6-9-24-15)23-17(18)19/h2-6,9,11,17H,7-8,10H2,1H3,(H,20,22)/t11-/m1/s1. The second-order valence-corrected chi connectivity index (χ2v) is 6.54. The molecule has 0 bridgehead atoms. The molecule has 1 aromatic heterocycles. The summed E-state index contributed by atoms with van der Waals surface area (Å²) in [4.78, 5) is 14.6. The highest BCUT2D eigenvalue weighted by Gasteiger charge is 2.25. The number of anilines is 1. The van der Waals surface area contributed by atoms with Crippen molar-refractivity contribution in [1.82, 2.24) is 5.32 Å². The number of fused-ring (bicyclic) bond motifs is 1. The molecule has 1 amide bonds. The summed E-state index contributed by atoms with van der Waals surface area (Å²) in [5, 5.41) is 4.34. The first-order valence-electron chi connectivity index (χ1n) is 7.71. The van der Waals surface area contributed by atoms with Crippen LogP contribution in [0.3, 0.4) is 0 Å². The Morgan fingerprint density at radius 1 is 1.42 bits per heavy atom. The number of carbonyl (C=O) groups is 1. The molecule has 24 heavy (non-hydrogen) atoms. The molecule has 0 saturated carbocycles. The first kappa shape index (κ1) is 16.7. The summed E-state index contributed by atoms with van der Waals surface area (Å²) in [7, 11) is 0. The number of carbonyl (C=O) groups excluding carboxylic acids is 1. The van der Waals surface area contributed by atoms with Crippen molar-refractivity contribution in [3.05, 3.63) is 46.2 Å². The lowest BCUT2D eigenvalue weighted by molar-refractivity contribution is -0.0498. The number of thiophene rings is 1. The van der Waals surface area contributed by atoms with Gasteiger partial charge in [0.25, 0.3) is 5.91 Å². The van der Waals surface area contributed by atoms with Crippen LogP contribution in [0.25, 0.3) is 0 Å². The maximum absolute atomic E-state index is 12.3. The van der Waals surface area contributed by atoms with Crippen molar-refractivity contribution >= 4 is 22.9 Å². The van der Waals surface area contributed by atoms with Gasteiger partial charge in [0.05, 0.1) is 0 Å². The van der Waals surface area contributed by atoms with E-state index >= 15 is 0 Å². The first-order valence-corrected chi connectivity index (χ1v) is 8.59. The van der Waals surface area contributed by atoms with E-state index in [-0.39, 0.29) is 16.5 Å². The van der Waals surface area contributed by atoms with Crippen LogP contribution in [0.4, 0.5) is 14.5 Å². The fourth-order valence-electron chi connectivity index (χ4n) is 2.99. The molecular formula is C17H18F2N2O2S. The van der Waals surface area contributed by atoms with Crippen molar-refractivity contribution in [3.8, 4) is 5.75 Å². The van der Waals surface area contributed by atoms with E-state index in [1.807, 2.05) is 12.1 Å². The molecule has 1 atom stereocenters. The number of nitrogens with one attached hydrogen (secondary N) is 1. The molecule has 0 fully saturated rings. The van der Waals surface area contributed by atoms with Crippen molar-refractivity contribution in [2.45, 2.75) is 26.0 Å². The Morgan fingerprint density at radius 3 is 3.00 bits per heavy atom. The molecule has 1 aromatic carbocycles. The number of amides is 1. The lowest BCUT2D eigenvalue weighted by Gasteiger charge is -2.25. The lowest BCUT2D eigenvalue weighted by atomic mass is 10.1. The van der Waals surface area contributed by atoms with Gasteiger partial charge in [-0.1, -0.05) is 18.2 Å². The van der Waals surface area contributed by atoms with Crippen molar-refractivity contribution in [2.75, 3.05) is 18.0 Å². The van der Waals surface area contributed by atoms with Crippen molar-refractivity contribution in [3.63, 3.8) is 0 Å². The van der Waals surface area contributed by atoms with Gasteiger partial charge in [0.15, 0.2) is 0 Å². The molecule has 2 heterocycles. The monoisotopic (exact) mass is 352 g/mol. The third kappa shape index (κ3) is 3.51. The highest BCUT2D eigenvalue weighted by molar-refractivity contribution is 7.12. The Labute approximate surface area is 143 Å². The van der Waals surface area contributed by atoms with E-state index in [1.54, 1.807) is 5.38 Å². The fourth-order valence-corrected chi connectivity index (χ4v) is 3.73. The maximum Gasteiger partial charge on any atom is 0.387 e. The van der Waals surface area contributed by atoms with Gasteiger partial charge >= 0.3 is 6.61 Å². The lowest BCUT2D eigenvalue weighted by Crippen LogP contribution is -2.37. The summed E-state index contributed by atoms with van der Waals surface area (Å²) in [5.74, 6) is -0.465. The van der Waals surface area contributed by atoms with Crippen molar-refractivity contribution in [2.24, 2.45) is 0 Å². The molecular weight excluding hydrogens is 334 g/mol. The van der Waals surface area contributed by atoms with E-state index < -0.39 is 6.61 Å². The minimum Gasteiger partial charge on any atom is -0.433 e. The van der Waals surface area contributed by atoms with Crippen LogP contribution < -0.4 is 15.0 Å². The zero-order chi connectivity index (χ0) is 17.1. The molecule has 1 N–H and O–H groups in total. The number of para-hydroxylation sites is 1. The fraction of sp³-hybridized carbons (Fsp3) is 0.353. The van der Waals surface area contributed by atoms with E-state index in [9.17, 15) is 13.6 Å². The van der Waals surface area contributed by atoms with Gasteiger partial charge in [0.2, 0.25) is 0 Å². The average molecular weight is 352 g/mol. The number of hydrogen-bond donors (Lipinski definition) is 1. The normalized spacial score (nSPS) is 16.3. The zero-order valence-electron chi connectivity index (χ0n) is 13.2. The Kier molecular flexibility index (Phi) is 4.99. The van der Waals surface area contributed by atoms with Gasteiger partial charge in [-0.05, 0) is 36.4 Å². The largest absolute Gasteiger partial charge is 0.433 e. The molecule has 0 aliphatic carbocycles. The number of ether oxygens (including phenoxy) is 1. The Morgan fingerprint density at radius 2 is 2.21 bits per heavy atom. The Balaban J connectivity index is 1.57. The van der Waals surface area contributed by atoms with Gasteiger partial charge in [0.1, 0.15) is 10.6 Å². The number of alkyl halides is 2. The molecule has 3 rings (SSSR count). The quantitative estimate of drug-likeness (QED) is 0.865. The van der Waals surface area contributed by atoms with E-state index in [4.69, 9.17) is 0 Å². The molecule has 1 aliphatic heterocycles. The highest BCUT2D eigenvalue weighted by atomic mass is 32.1. The Hall–Kier alpha value is -2.15. The summed E-state index contributed by atoms with van der Waals surface area (Å²) >= 11 is 1.09. The number of rotatable bonds is 6. The van der Waals surface area contributed by atoms with Gasteiger partial charge in [-0.25, -0.2) is 0 Å².